The van der Waals surface area contributed by atoms with Crippen molar-refractivity contribution < 1.29 is 19.4 Å². The summed E-state index contributed by atoms with van der Waals surface area (Å²) in [5.74, 6) is -0.882. The number of hydrogen-bond donors (Lipinski definition) is 1. The maximum atomic E-state index is 12.2. The van der Waals surface area contributed by atoms with E-state index in [9.17, 15) is 9.59 Å². The molecule has 1 aliphatic rings. The van der Waals surface area contributed by atoms with Crippen molar-refractivity contribution in [2.75, 3.05) is 39.9 Å². The summed E-state index contributed by atoms with van der Waals surface area (Å²) < 4.78 is 5.06. The first-order valence-corrected chi connectivity index (χ1v) is 6.51. The van der Waals surface area contributed by atoms with Gasteiger partial charge < -0.3 is 19.6 Å². The number of urea groups is 1. The number of carboxylic acids is 1. The molecule has 0 radical (unpaired) electrons. The van der Waals surface area contributed by atoms with Crippen LogP contribution in [0.2, 0.25) is 0 Å². The number of carbonyl (C=O) groups excluding carboxylic acids is 1. The summed E-state index contributed by atoms with van der Waals surface area (Å²) in [6, 6.07) is -0.0866. The van der Waals surface area contributed by atoms with Gasteiger partial charge in [0, 0.05) is 33.3 Å². The van der Waals surface area contributed by atoms with E-state index in [1.807, 2.05) is 13.0 Å². The fraction of sp³-hybridized carbons (Fsp3) is 0.692. The van der Waals surface area contributed by atoms with Crippen LogP contribution in [0.15, 0.2) is 11.6 Å². The second-order valence-corrected chi connectivity index (χ2v) is 4.50. The molecule has 1 heterocycles. The first kappa shape index (κ1) is 15.5. The zero-order valence-electron chi connectivity index (χ0n) is 11.6. The largest absolute Gasteiger partial charge is 0.481 e. The molecule has 0 aromatic rings. The second-order valence-electron chi connectivity index (χ2n) is 4.50. The third-order valence-electron chi connectivity index (χ3n) is 3.15. The number of ether oxygens (including phenoxy) is 1. The minimum absolute atomic E-state index is 0.0157. The summed E-state index contributed by atoms with van der Waals surface area (Å²) in [4.78, 5) is 26.1. The lowest BCUT2D eigenvalue weighted by Crippen LogP contribution is -2.45. The van der Waals surface area contributed by atoms with Gasteiger partial charge in [0.15, 0.2) is 0 Å². The molecule has 1 aliphatic heterocycles. The molecule has 0 aromatic heterocycles. The summed E-state index contributed by atoms with van der Waals surface area (Å²) in [6.07, 6.45) is 2.81. The van der Waals surface area contributed by atoms with E-state index in [1.165, 1.54) is 5.57 Å². The van der Waals surface area contributed by atoms with Crippen LogP contribution < -0.4 is 0 Å². The summed E-state index contributed by atoms with van der Waals surface area (Å²) >= 11 is 0. The lowest BCUT2D eigenvalue weighted by Gasteiger charge is -2.31. The molecular weight excluding hydrogens is 248 g/mol. The van der Waals surface area contributed by atoms with Crippen molar-refractivity contribution in [3.63, 3.8) is 0 Å². The van der Waals surface area contributed by atoms with Crippen LogP contribution in [0.3, 0.4) is 0 Å². The fourth-order valence-electron chi connectivity index (χ4n) is 2.02. The topological polar surface area (TPSA) is 70.1 Å². The van der Waals surface area contributed by atoms with Gasteiger partial charge in [-0.15, -0.1) is 0 Å². The molecule has 6 heteroatoms. The van der Waals surface area contributed by atoms with Crippen molar-refractivity contribution in [2.24, 2.45) is 0 Å². The zero-order valence-corrected chi connectivity index (χ0v) is 11.6. The van der Waals surface area contributed by atoms with Crippen LogP contribution >= 0.6 is 0 Å². The zero-order chi connectivity index (χ0) is 14.3. The number of nitrogens with zero attached hydrogens (tertiary/aromatic N) is 2. The molecule has 1 rings (SSSR count). The number of rotatable bonds is 6. The Balaban J connectivity index is 2.50. The molecule has 2 amide bonds. The number of aliphatic carboxylic acids is 1. The van der Waals surface area contributed by atoms with Gasteiger partial charge in [-0.2, -0.15) is 0 Å². The third-order valence-corrected chi connectivity index (χ3v) is 3.15. The Hall–Kier alpha value is -1.56. The average Bonchev–Trinajstić information content (AvgIpc) is 2.40. The molecule has 0 unspecified atom stereocenters. The van der Waals surface area contributed by atoms with Gasteiger partial charge in [0.05, 0.1) is 13.0 Å². The smallest absolute Gasteiger partial charge is 0.320 e. The Bertz CT molecular complexity index is 355. The maximum absolute atomic E-state index is 12.2. The molecule has 0 saturated heterocycles. The van der Waals surface area contributed by atoms with Crippen LogP contribution in [0.4, 0.5) is 4.79 Å². The molecule has 1 N–H and O–H groups in total. The first-order valence-electron chi connectivity index (χ1n) is 6.51. The summed E-state index contributed by atoms with van der Waals surface area (Å²) in [5.41, 5.74) is 1.21. The first-order chi connectivity index (χ1) is 9.08. The van der Waals surface area contributed by atoms with Gasteiger partial charge in [-0.3, -0.25) is 4.79 Å². The normalized spacial score (nSPS) is 15.1. The van der Waals surface area contributed by atoms with Gasteiger partial charge in [0.1, 0.15) is 0 Å². The van der Waals surface area contributed by atoms with Crippen LogP contribution in [0, 0.1) is 0 Å². The minimum atomic E-state index is -0.882. The highest BCUT2D eigenvalue weighted by atomic mass is 16.5. The highest BCUT2D eigenvalue weighted by molar-refractivity contribution is 5.76. The average molecular weight is 270 g/mol. The van der Waals surface area contributed by atoms with Crippen LogP contribution in [0.1, 0.15) is 19.8 Å². The molecule has 0 bridgehead atoms. The molecule has 0 saturated carbocycles. The van der Waals surface area contributed by atoms with E-state index in [2.05, 4.69) is 0 Å². The van der Waals surface area contributed by atoms with Crippen LogP contribution in [0.5, 0.6) is 0 Å². The number of methoxy groups -OCH3 is 1. The van der Waals surface area contributed by atoms with Gasteiger partial charge in [0.2, 0.25) is 0 Å². The van der Waals surface area contributed by atoms with Crippen molar-refractivity contribution in [3.05, 3.63) is 11.6 Å². The molecule has 0 aromatic carbocycles. The predicted octanol–water partition coefficient (Wildman–Crippen LogP) is 1.18. The van der Waals surface area contributed by atoms with Crippen LogP contribution in [-0.2, 0) is 9.53 Å². The van der Waals surface area contributed by atoms with Crippen LogP contribution in [0.25, 0.3) is 0 Å². The molecule has 0 fully saturated rings. The number of amides is 2. The number of carbonyl (C=O) groups is 2. The fourth-order valence-corrected chi connectivity index (χ4v) is 2.02. The van der Waals surface area contributed by atoms with Crippen LogP contribution in [-0.4, -0.2) is 66.8 Å². The van der Waals surface area contributed by atoms with E-state index in [0.717, 1.165) is 6.42 Å². The molecule has 0 atom stereocenters. The van der Waals surface area contributed by atoms with E-state index >= 15 is 0 Å². The van der Waals surface area contributed by atoms with E-state index in [0.29, 0.717) is 26.2 Å². The third kappa shape index (κ3) is 4.90. The van der Waals surface area contributed by atoms with E-state index in [-0.39, 0.29) is 19.0 Å². The van der Waals surface area contributed by atoms with Gasteiger partial charge >= 0.3 is 12.0 Å². The van der Waals surface area contributed by atoms with Gasteiger partial charge in [-0.1, -0.05) is 6.08 Å². The molecule has 0 spiro atoms. The van der Waals surface area contributed by atoms with Gasteiger partial charge in [-0.25, -0.2) is 4.79 Å². The Labute approximate surface area is 113 Å². The highest BCUT2D eigenvalue weighted by Crippen LogP contribution is 2.13. The molecular formula is C13H22N2O4. The van der Waals surface area contributed by atoms with Crippen molar-refractivity contribution in [2.45, 2.75) is 19.8 Å². The lowest BCUT2D eigenvalue weighted by atomic mass is 10.1. The quantitative estimate of drug-likeness (QED) is 0.736. The number of carboxylic acid groups (broad SMARTS) is 1. The van der Waals surface area contributed by atoms with Crippen molar-refractivity contribution in [3.8, 4) is 0 Å². The lowest BCUT2D eigenvalue weighted by molar-refractivity contribution is -0.137. The molecule has 0 aliphatic carbocycles. The predicted molar refractivity (Wildman–Crippen MR) is 71.0 cm³/mol. The van der Waals surface area contributed by atoms with E-state index < -0.39 is 5.97 Å². The molecule has 19 heavy (non-hydrogen) atoms. The Kier molecular flexibility index (Phi) is 6.35. The van der Waals surface area contributed by atoms with Crippen molar-refractivity contribution in [1.82, 2.24) is 9.80 Å². The maximum Gasteiger partial charge on any atom is 0.320 e. The van der Waals surface area contributed by atoms with Gasteiger partial charge in [-0.05, 0) is 18.9 Å². The molecule has 6 nitrogen and oxygen atoms in total. The summed E-state index contributed by atoms with van der Waals surface area (Å²) in [5, 5.41) is 8.67. The Morgan fingerprint density at radius 2 is 2.26 bits per heavy atom. The SMILES string of the molecule is CCN(CCC(=O)O)C(=O)N1CC=C(COC)CC1. The van der Waals surface area contributed by atoms with Crippen molar-refractivity contribution in [1.29, 1.82) is 0 Å². The minimum Gasteiger partial charge on any atom is -0.481 e. The van der Waals surface area contributed by atoms with Crippen molar-refractivity contribution >= 4 is 12.0 Å². The van der Waals surface area contributed by atoms with E-state index in [1.54, 1.807) is 16.9 Å². The Morgan fingerprint density at radius 1 is 1.53 bits per heavy atom. The Morgan fingerprint density at radius 3 is 2.74 bits per heavy atom. The standard InChI is InChI=1S/C13H22N2O4/c1-3-14(9-6-12(16)17)13(18)15-7-4-11(5-8-15)10-19-2/h4H,3,5-10H2,1-2H3,(H,16,17). The second kappa shape index (κ2) is 7.78. The van der Waals surface area contributed by atoms with Gasteiger partial charge in [0.25, 0.3) is 0 Å². The molecule has 108 valence electrons. The van der Waals surface area contributed by atoms with E-state index in [4.69, 9.17) is 9.84 Å². The summed E-state index contributed by atoms with van der Waals surface area (Å²) in [6.45, 7) is 4.49. The monoisotopic (exact) mass is 270 g/mol. The number of hydrogen-bond acceptors (Lipinski definition) is 3. The summed E-state index contributed by atoms with van der Waals surface area (Å²) in [7, 11) is 1.66. The highest BCUT2D eigenvalue weighted by Gasteiger charge is 2.22.